The molecule has 4 saturated heterocycles. The molecular weight excluding hydrogens is 969 g/mol. The molecule has 23 nitrogen and oxygen atoms in total. The van der Waals surface area contributed by atoms with Crippen LogP contribution >= 0.6 is 0 Å². The summed E-state index contributed by atoms with van der Waals surface area (Å²) >= 11 is 0. The zero-order valence-corrected chi connectivity index (χ0v) is 41.9. The maximum atomic E-state index is 14.5. The summed E-state index contributed by atoms with van der Waals surface area (Å²) in [7, 11) is 0. The summed E-state index contributed by atoms with van der Waals surface area (Å²) in [6, 6.07) is 0. The minimum atomic E-state index is -1.76. The number of hydrogen-bond donors (Lipinski definition) is 13. The van der Waals surface area contributed by atoms with Gasteiger partial charge in [0.15, 0.2) is 25.2 Å². The van der Waals surface area contributed by atoms with Crippen molar-refractivity contribution in [3.63, 3.8) is 0 Å². The van der Waals surface area contributed by atoms with E-state index in [1.54, 1.807) is 0 Å². The molecular formula is C50H80O23. The van der Waals surface area contributed by atoms with Gasteiger partial charge in [0.1, 0.15) is 103 Å². The van der Waals surface area contributed by atoms with Crippen LogP contribution in [0.3, 0.4) is 0 Å². The van der Waals surface area contributed by atoms with Crippen LogP contribution in [-0.4, -0.2) is 235 Å². The third-order valence-electron chi connectivity index (χ3n) is 18.8. The van der Waals surface area contributed by atoms with Gasteiger partial charge in [0.05, 0.1) is 45.7 Å². The summed E-state index contributed by atoms with van der Waals surface area (Å²) in [4.78, 5) is 14.5. The lowest BCUT2D eigenvalue weighted by molar-refractivity contribution is -0.361. The number of hydrogen-bond acceptors (Lipinski definition) is 23. The smallest absolute Gasteiger partial charge is 0.186 e. The van der Waals surface area contributed by atoms with E-state index in [0.717, 1.165) is 30.6 Å². The first-order valence-electron chi connectivity index (χ1n) is 26.3. The van der Waals surface area contributed by atoms with Crippen molar-refractivity contribution in [3.8, 4) is 0 Å². The number of carbonyl (C=O) groups is 1. The molecule has 1 unspecified atom stereocenters. The van der Waals surface area contributed by atoms with Gasteiger partial charge in [0, 0.05) is 24.2 Å². The summed E-state index contributed by atoms with van der Waals surface area (Å²) in [5.74, 6) is 0.816. The molecule has 0 aromatic carbocycles. The van der Waals surface area contributed by atoms with Gasteiger partial charge in [-0.25, -0.2) is 0 Å². The number of ketones is 1. The van der Waals surface area contributed by atoms with Gasteiger partial charge in [-0.1, -0.05) is 20.8 Å². The largest absolute Gasteiger partial charge is 0.494 e. The minimum absolute atomic E-state index is 0.101. The monoisotopic (exact) mass is 1050 g/mol. The highest BCUT2D eigenvalue weighted by atomic mass is 16.8. The van der Waals surface area contributed by atoms with E-state index < -0.39 is 137 Å². The van der Waals surface area contributed by atoms with Gasteiger partial charge >= 0.3 is 0 Å². The van der Waals surface area contributed by atoms with Gasteiger partial charge in [-0.3, -0.25) is 4.79 Å². The van der Waals surface area contributed by atoms with E-state index in [4.69, 9.17) is 42.6 Å². The molecule has 5 heterocycles. The van der Waals surface area contributed by atoms with E-state index in [1.807, 2.05) is 6.92 Å². The zero-order valence-electron chi connectivity index (χ0n) is 41.9. The van der Waals surface area contributed by atoms with Crippen LogP contribution in [0.15, 0.2) is 11.3 Å². The van der Waals surface area contributed by atoms with E-state index >= 15 is 0 Å². The summed E-state index contributed by atoms with van der Waals surface area (Å²) < 4.78 is 53.3. The molecule has 9 aliphatic rings. The van der Waals surface area contributed by atoms with Crippen molar-refractivity contribution in [2.24, 2.45) is 52.3 Å². The maximum Gasteiger partial charge on any atom is 0.186 e. The van der Waals surface area contributed by atoms with Crippen LogP contribution in [0.2, 0.25) is 0 Å². The van der Waals surface area contributed by atoms with Crippen molar-refractivity contribution in [2.75, 3.05) is 39.6 Å². The molecule has 4 aliphatic carbocycles. The maximum absolute atomic E-state index is 14.5. The Morgan fingerprint density at radius 1 is 0.671 bits per heavy atom. The number of aliphatic hydroxyl groups excluding tert-OH is 13. The Kier molecular flexibility index (Phi) is 17.1. The fourth-order valence-electron chi connectivity index (χ4n) is 14.8. The van der Waals surface area contributed by atoms with Crippen LogP contribution in [0.25, 0.3) is 0 Å². The first-order chi connectivity index (χ1) is 34.6. The lowest BCUT2D eigenvalue weighted by Gasteiger charge is -2.60. The second kappa shape index (κ2) is 22.2. The predicted molar refractivity (Wildman–Crippen MR) is 245 cm³/mol. The Morgan fingerprint density at radius 3 is 1.99 bits per heavy atom. The molecule has 5 aliphatic heterocycles. The number of ether oxygens (including phenoxy) is 9. The molecule has 13 N–H and O–H groups in total. The third kappa shape index (κ3) is 10.3. The second-order valence-electron chi connectivity index (χ2n) is 23.3. The Bertz CT molecular complexity index is 1930. The molecule has 0 spiro atoms. The molecule has 0 bridgehead atoms. The SMILES string of the molecule is CC1=C(C(CO)C[C@H](C)CO[C@@H]2O[C@H](CO)[C@@H](O)[C@H](O)[C@H]2O)O[C@H]2C[C@H]3[C@@H]4CC(=O)[C@H]5C[C@@H](O[C@@H]6O[C@H](CO[C@@H]7OC[C@H](O)[C@H](O)[C@H]7O)[C@@H](O[C@@H]7OC[C@H](O)[C@H](O)[C@H]7O)[C@H](O)[C@H]6O)CC[C@]5(C)[C@H]4CC[C@]3(C)[C@@H]12. The Morgan fingerprint density at radius 2 is 1.30 bits per heavy atom. The Hall–Kier alpha value is -1.63. The van der Waals surface area contributed by atoms with Gasteiger partial charge < -0.3 is 109 Å². The van der Waals surface area contributed by atoms with E-state index in [1.165, 1.54) is 0 Å². The summed E-state index contributed by atoms with van der Waals surface area (Å²) in [6.45, 7) is 6.71. The normalized spacial score (nSPS) is 51.9. The van der Waals surface area contributed by atoms with E-state index in [2.05, 4.69) is 20.8 Å². The molecule has 0 aromatic heterocycles. The summed E-state index contributed by atoms with van der Waals surface area (Å²) in [6.07, 6.45) is -22.7. The molecule has 29 atom stereocenters. The number of fused-ring (bicyclic) bond motifs is 7. The van der Waals surface area contributed by atoms with Gasteiger partial charge in [-0.2, -0.15) is 0 Å². The summed E-state index contributed by atoms with van der Waals surface area (Å²) in [5.41, 5.74) is 0.616. The van der Waals surface area contributed by atoms with Gasteiger partial charge in [-0.05, 0) is 91.9 Å². The van der Waals surface area contributed by atoms with E-state index in [9.17, 15) is 71.2 Å². The Labute approximate surface area is 423 Å². The lowest BCUT2D eigenvalue weighted by Crippen LogP contribution is -2.64. The molecule has 418 valence electrons. The quantitative estimate of drug-likeness (QED) is 0.0714. The van der Waals surface area contributed by atoms with Gasteiger partial charge in [-0.15, -0.1) is 0 Å². The molecule has 0 radical (unpaired) electrons. The highest BCUT2D eigenvalue weighted by Crippen LogP contribution is 2.69. The predicted octanol–water partition coefficient (Wildman–Crippen LogP) is -3.33. The molecule has 73 heavy (non-hydrogen) atoms. The number of carbonyl (C=O) groups excluding carboxylic acids is 1. The topological polar surface area (TPSA) is 363 Å². The standard InChI is InChI=1S/C50H80O23/c1-19(15-65-46-41(63)37(59)36(58)31(14-52)71-46)9-21(13-51)43-20(2)33-30(70-43)12-25-23-11-27(53)26-10-22(5-7-49(26,3)24(23)6-8-50(25,33)4)69-48-42(64)38(60)44(73-47-40(62)35(57)29(55)17-67-47)32(72-48)18-68-45-39(61)34(56)28(54)16-66-45/h19,21-26,28-42,44-48,51-52,54-64H,5-18H2,1-4H3/t19-,21?,22-,23+,24-,25-,26+,28-,29-,30-,31+,32+,33-,34-,35-,36+,37-,38+,39+,40+,41+,42+,44+,45-,46+,47-,48+,49+,50-/m0/s1. The summed E-state index contributed by atoms with van der Waals surface area (Å²) in [5, 5.41) is 136. The first kappa shape index (κ1) is 56.1. The van der Waals surface area contributed by atoms with Crippen LogP contribution in [0.1, 0.15) is 79.1 Å². The number of Topliss-reactive ketones (excluding diaryl/α,β-unsaturated/α-hetero) is 1. The van der Waals surface area contributed by atoms with Crippen LogP contribution in [-0.2, 0) is 47.4 Å². The molecule has 0 aromatic rings. The van der Waals surface area contributed by atoms with Crippen LogP contribution in [0.4, 0.5) is 0 Å². The van der Waals surface area contributed by atoms with E-state index in [-0.39, 0.29) is 84.0 Å². The number of aliphatic hydroxyl groups is 13. The highest BCUT2D eigenvalue weighted by molar-refractivity contribution is 5.83. The fraction of sp³-hybridized carbons (Fsp3) is 0.940. The minimum Gasteiger partial charge on any atom is -0.494 e. The average Bonchev–Trinajstić information content (AvgIpc) is 3.86. The molecule has 4 saturated carbocycles. The van der Waals surface area contributed by atoms with Crippen molar-refractivity contribution < 1.29 is 114 Å². The first-order valence-corrected chi connectivity index (χ1v) is 26.3. The van der Waals surface area contributed by atoms with Crippen LogP contribution in [0.5, 0.6) is 0 Å². The zero-order chi connectivity index (χ0) is 52.6. The third-order valence-corrected chi connectivity index (χ3v) is 18.8. The molecule has 9 rings (SSSR count). The van der Waals surface area contributed by atoms with Crippen molar-refractivity contribution in [1.29, 1.82) is 0 Å². The highest BCUT2D eigenvalue weighted by Gasteiger charge is 2.66. The Balaban J connectivity index is 0.832. The van der Waals surface area contributed by atoms with Crippen molar-refractivity contribution in [3.05, 3.63) is 11.3 Å². The number of rotatable bonds is 15. The van der Waals surface area contributed by atoms with Gasteiger partial charge in [0.25, 0.3) is 0 Å². The van der Waals surface area contributed by atoms with Crippen molar-refractivity contribution in [1.82, 2.24) is 0 Å². The van der Waals surface area contributed by atoms with Crippen molar-refractivity contribution >= 4 is 5.78 Å². The molecule has 0 amide bonds. The van der Waals surface area contributed by atoms with Crippen LogP contribution < -0.4 is 0 Å². The fourth-order valence-corrected chi connectivity index (χ4v) is 14.8. The molecule has 23 heteroatoms. The van der Waals surface area contributed by atoms with E-state index in [0.29, 0.717) is 32.1 Å². The van der Waals surface area contributed by atoms with Crippen molar-refractivity contribution in [2.45, 2.75) is 202 Å². The average molecular weight is 1050 g/mol. The van der Waals surface area contributed by atoms with Crippen LogP contribution in [0, 0.1) is 52.3 Å². The van der Waals surface area contributed by atoms with Gasteiger partial charge in [0.2, 0.25) is 0 Å². The second-order valence-corrected chi connectivity index (χ2v) is 23.3. The lowest BCUT2D eigenvalue weighted by atomic mass is 9.44. The molecule has 8 fully saturated rings.